The molecule has 2 unspecified atom stereocenters. The highest BCUT2D eigenvalue weighted by Gasteiger charge is 2.31. The van der Waals surface area contributed by atoms with Crippen molar-refractivity contribution in [3.8, 4) is 16.9 Å². The Morgan fingerprint density at radius 2 is 1.63 bits per heavy atom. The van der Waals surface area contributed by atoms with Crippen LogP contribution in [-0.2, 0) is 28.2 Å². The van der Waals surface area contributed by atoms with Crippen molar-refractivity contribution in [2.75, 3.05) is 0 Å². The topological polar surface area (TPSA) is 130 Å². The first kappa shape index (κ1) is 32.3. The standard InChI is InChI=1S/C29H36FN3O6S2/c1-18(32-40(36)29(5,6)7)22-16-26(34)33(8)17-24(22)23-15-20(39-27(35)31-28(2,3)4)11-14-25(23)41(37,38)21-12-9-19(30)10-13-21/h9-18,32H,1-8H3,(H,31,35). The van der Waals surface area contributed by atoms with E-state index in [9.17, 15) is 27.0 Å². The Kier molecular flexibility index (Phi) is 9.43. The first-order valence-corrected chi connectivity index (χ1v) is 15.5. The molecule has 3 rings (SSSR count). The molecule has 0 aliphatic carbocycles. The van der Waals surface area contributed by atoms with E-state index in [2.05, 4.69) is 10.0 Å². The second-order valence-electron chi connectivity index (χ2n) is 11.7. The van der Waals surface area contributed by atoms with Gasteiger partial charge in [0.1, 0.15) is 16.3 Å². The van der Waals surface area contributed by atoms with Crippen molar-refractivity contribution >= 4 is 27.3 Å². The number of carbonyl (C=O) groups is 1. The maximum absolute atomic E-state index is 13.8. The Morgan fingerprint density at radius 3 is 2.20 bits per heavy atom. The summed E-state index contributed by atoms with van der Waals surface area (Å²) in [5.41, 5.74) is -0.0894. The lowest BCUT2D eigenvalue weighted by atomic mass is 9.97. The minimum absolute atomic E-state index is 0.0542. The predicted octanol–water partition coefficient (Wildman–Crippen LogP) is 5.02. The van der Waals surface area contributed by atoms with Gasteiger partial charge in [-0.1, -0.05) is 0 Å². The Labute approximate surface area is 243 Å². The smallest absolute Gasteiger partial charge is 0.413 e. The molecule has 1 aromatic heterocycles. The molecule has 0 aliphatic heterocycles. The minimum Gasteiger partial charge on any atom is -0.598 e. The molecule has 0 saturated carbocycles. The summed E-state index contributed by atoms with van der Waals surface area (Å²) in [5.74, 6) is -0.539. The van der Waals surface area contributed by atoms with Crippen molar-refractivity contribution < 1.29 is 26.9 Å². The van der Waals surface area contributed by atoms with Gasteiger partial charge >= 0.3 is 6.09 Å². The molecule has 2 aromatic carbocycles. The molecule has 2 N–H and O–H groups in total. The van der Waals surface area contributed by atoms with Gasteiger partial charge in [-0.3, -0.25) is 4.79 Å². The van der Waals surface area contributed by atoms with Gasteiger partial charge in [0.25, 0.3) is 5.56 Å². The van der Waals surface area contributed by atoms with Gasteiger partial charge in [-0.05, 0) is 96.5 Å². The van der Waals surface area contributed by atoms with Gasteiger partial charge in [0.05, 0.1) is 15.8 Å². The van der Waals surface area contributed by atoms with Crippen LogP contribution in [-0.4, -0.2) is 33.9 Å². The Morgan fingerprint density at radius 1 is 1.02 bits per heavy atom. The number of hydrogen-bond acceptors (Lipinski definition) is 7. The molecule has 1 amide bonds. The lowest BCUT2D eigenvalue weighted by molar-refractivity contribution is 0.190. The quantitative estimate of drug-likeness (QED) is 0.286. The fourth-order valence-electron chi connectivity index (χ4n) is 3.83. The van der Waals surface area contributed by atoms with Gasteiger partial charge in [-0.2, -0.15) is 0 Å². The van der Waals surface area contributed by atoms with Crippen LogP contribution in [0.25, 0.3) is 11.1 Å². The molecule has 3 aromatic rings. The van der Waals surface area contributed by atoms with Crippen LogP contribution in [0.3, 0.4) is 0 Å². The van der Waals surface area contributed by atoms with E-state index in [1.54, 1.807) is 48.5 Å². The summed E-state index contributed by atoms with van der Waals surface area (Å²) in [6, 6.07) is 9.17. The number of aryl methyl sites for hydroxylation is 1. The van der Waals surface area contributed by atoms with Crippen molar-refractivity contribution in [3.05, 3.63) is 76.5 Å². The van der Waals surface area contributed by atoms with Crippen LogP contribution in [0.5, 0.6) is 5.75 Å². The third-order valence-electron chi connectivity index (χ3n) is 5.91. The number of aromatic nitrogens is 1. The highest BCUT2D eigenvalue weighted by molar-refractivity contribution is 7.91. The maximum atomic E-state index is 13.8. The number of nitrogens with one attached hydrogen (secondary N) is 2. The molecule has 12 heteroatoms. The normalized spacial score (nSPS) is 13.9. The molecule has 0 aliphatic rings. The lowest BCUT2D eigenvalue weighted by Gasteiger charge is -2.27. The SMILES string of the molecule is CC(N[S+]([O-])C(C)(C)C)c1cc(=O)n(C)cc1-c1cc(OC(=O)NC(C)(C)C)ccc1S(=O)(=O)c1ccc(F)cc1. The summed E-state index contributed by atoms with van der Waals surface area (Å²) in [6.07, 6.45) is 0.738. The Hall–Kier alpha value is -3.19. The largest absolute Gasteiger partial charge is 0.598 e. The summed E-state index contributed by atoms with van der Waals surface area (Å²) >= 11 is -1.51. The third kappa shape index (κ3) is 7.97. The number of amides is 1. The summed E-state index contributed by atoms with van der Waals surface area (Å²) < 4.78 is 63.3. The monoisotopic (exact) mass is 605 g/mol. The zero-order valence-electron chi connectivity index (χ0n) is 24.4. The fraction of sp³-hybridized carbons (Fsp3) is 0.379. The number of sulfone groups is 1. The zero-order valence-corrected chi connectivity index (χ0v) is 26.0. The van der Waals surface area contributed by atoms with Crippen LogP contribution in [0.2, 0.25) is 0 Å². The van der Waals surface area contributed by atoms with Gasteiger partial charge in [0.15, 0.2) is 0 Å². The van der Waals surface area contributed by atoms with Crippen LogP contribution >= 0.6 is 0 Å². The van der Waals surface area contributed by atoms with Gasteiger partial charge < -0.3 is 19.2 Å². The molecule has 0 spiro atoms. The molecule has 0 saturated heterocycles. The minimum atomic E-state index is -4.21. The maximum Gasteiger partial charge on any atom is 0.413 e. The van der Waals surface area contributed by atoms with Gasteiger partial charge in [-0.25, -0.2) is 17.6 Å². The molecule has 0 fully saturated rings. The van der Waals surface area contributed by atoms with Crippen LogP contribution in [0.15, 0.2) is 69.3 Å². The molecule has 0 radical (unpaired) electrons. The highest BCUT2D eigenvalue weighted by Crippen LogP contribution is 2.38. The van der Waals surface area contributed by atoms with E-state index in [1.165, 1.54) is 42.1 Å². The summed E-state index contributed by atoms with van der Waals surface area (Å²) in [5, 5.41) is 2.68. The van der Waals surface area contributed by atoms with Crippen molar-refractivity contribution in [3.63, 3.8) is 0 Å². The number of pyridine rings is 1. The van der Waals surface area contributed by atoms with E-state index < -0.39 is 49.4 Å². The molecule has 222 valence electrons. The van der Waals surface area contributed by atoms with Crippen molar-refractivity contribution in [2.45, 2.75) is 74.6 Å². The molecule has 41 heavy (non-hydrogen) atoms. The fourth-order valence-corrected chi connectivity index (χ4v) is 6.08. The van der Waals surface area contributed by atoms with E-state index >= 15 is 0 Å². The third-order valence-corrected chi connectivity index (χ3v) is 9.42. The molecule has 0 bridgehead atoms. The average molecular weight is 606 g/mol. The number of rotatable bonds is 7. The number of halogens is 1. The Bertz CT molecular complexity index is 1590. The first-order chi connectivity index (χ1) is 18.8. The predicted molar refractivity (Wildman–Crippen MR) is 157 cm³/mol. The van der Waals surface area contributed by atoms with E-state index in [-0.39, 0.29) is 26.7 Å². The molecule has 1 heterocycles. The lowest BCUT2D eigenvalue weighted by Crippen LogP contribution is -2.42. The zero-order chi connectivity index (χ0) is 30.9. The second kappa shape index (κ2) is 12.0. The number of nitrogens with zero attached hydrogens (tertiary/aromatic N) is 1. The molecular formula is C29H36FN3O6S2. The number of carbonyl (C=O) groups excluding carboxylic acids is 1. The summed E-state index contributed by atoms with van der Waals surface area (Å²) in [7, 11) is -2.69. The summed E-state index contributed by atoms with van der Waals surface area (Å²) in [4.78, 5) is 24.9. The Balaban J connectivity index is 2.27. The highest BCUT2D eigenvalue weighted by atomic mass is 32.2. The van der Waals surface area contributed by atoms with E-state index in [0.29, 0.717) is 11.1 Å². The average Bonchev–Trinajstić information content (AvgIpc) is 2.83. The molecular weight excluding hydrogens is 569 g/mol. The van der Waals surface area contributed by atoms with Gasteiger partial charge in [-0.15, -0.1) is 4.72 Å². The van der Waals surface area contributed by atoms with Gasteiger partial charge in [0.2, 0.25) is 9.84 Å². The van der Waals surface area contributed by atoms with Gasteiger partial charge in [0, 0.05) is 47.3 Å². The first-order valence-electron chi connectivity index (χ1n) is 12.8. The molecule has 9 nitrogen and oxygen atoms in total. The van der Waals surface area contributed by atoms with Crippen molar-refractivity contribution in [2.24, 2.45) is 7.05 Å². The van der Waals surface area contributed by atoms with Crippen molar-refractivity contribution in [1.29, 1.82) is 0 Å². The van der Waals surface area contributed by atoms with E-state index in [1.807, 2.05) is 0 Å². The van der Waals surface area contributed by atoms with Crippen LogP contribution < -0.4 is 20.3 Å². The van der Waals surface area contributed by atoms with E-state index in [4.69, 9.17) is 4.74 Å². The number of hydrogen-bond donors (Lipinski definition) is 2. The van der Waals surface area contributed by atoms with Crippen LogP contribution in [0, 0.1) is 5.82 Å². The number of ether oxygens (including phenoxy) is 1. The van der Waals surface area contributed by atoms with Crippen molar-refractivity contribution in [1.82, 2.24) is 14.6 Å². The molecule has 2 atom stereocenters. The number of benzene rings is 2. The summed E-state index contributed by atoms with van der Waals surface area (Å²) in [6.45, 7) is 12.5. The van der Waals surface area contributed by atoms with E-state index in [0.717, 1.165) is 24.3 Å². The van der Waals surface area contributed by atoms with Crippen LogP contribution in [0.4, 0.5) is 9.18 Å². The second-order valence-corrected chi connectivity index (χ2v) is 15.6. The van der Waals surface area contributed by atoms with Crippen LogP contribution in [0.1, 0.15) is 60.1 Å².